The Kier molecular flexibility index (Phi) is 4.11. The van der Waals surface area contributed by atoms with Gasteiger partial charge in [-0.15, -0.1) is 0 Å². The summed E-state index contributed by atoms with van der Waals surface area (Å²) in [5.41, 5.74) is 0.930. The summed E-state index contributed by atoms with van der Waals surface area (Å²) in [5.74, 6) is 0. The molecule has 4 nitrogen and oxygen atoms in total. The molecule has 0 spiro atoms. The van der Waals surface area contributed by atoms with Crippen molar-refractivity contribution in [2.75, 3.05) is 19.6 Å². The van der Waals surface area contributed by atoms with Crippen LogP contribution in [0.5, 0.6) is 0 Å². The Labute approximate surface area is 117 Å². The Bertz CT molecular complexity index is 545. The fourth-order valence-electron chi connectivity index (χ4n) is 2.07. The Balaban J connectivity index is 2.39. The smallest absolute Gasteiger partial charge is 0.244 e. The fourth-order valence-corrected chi connectivity index (χ4v) is 4.62. The van der Waals surface area contributed by atoms with Crippen molar-refractivity contribution < 1.29 is 8.42 Å². The van der Waals surface area contributed by atoms with E-state index >= 15 is 0 Å². The molecule has 0 radical (unpaired) electrons. The van der Waals surface area contributed by atoms with Crippen LogP contribution in [0.25, 0.3) is 0 Å². The Morgan fingerprint density at radius 2 is 2.17 bits per heavy atom. The second kappa shape index (κ2) is 5.28. The number of hydrogen-bond acceptors (Lipinski definition) is 3. The molecule has 1 aromatic carbocycles. The third-order valence-electron chi connectivity index (χ3n) is 3.11. The number of nitrogens with zero attached hydrogens (tertiary/aromatic N) is 1. The van der Waals surface area contributed by atoms with E-state index in [0.717, 1.165) is 5.56 Å². The highest BCUT2D eigenvalue weighted by Crippen LogP contribution is 2.28. The van der Waals surface area contributed by atoms with E-state index in [1.807, 2.05) is 19.9 Å². The first-order chi connectivity index (χ1) is 8.43. The third kappa shape index (κ3) is 2.61. The van der Waals surface area contributed by atoms with Crippen molar-refractivity contribution in [3.05, 3.63) is 28.2 Å². The highest BCUT2D eigenvalue weighted by atomic mass is 79.9. The van der Waals surface area contributed by atoms with Crippen molar-refractivity contribution in [1.82, 2.24) is 9.62 Å². The zero-order valence-corrected chi connectivity index (χ0v) is 12.9. The van der Waals surface area contributed by atoms with Crippen LogP contribution >= 0.6 is 15.9 Å². The van der Waals surface area contributed by atoms with E-state index in [1.54, 1.807) is 16.4 Å². The molecule has 1 N–H and O–H groups in total. The first kappa shape index (κ1) is 14.0. The molecule has 6 heteroatoms. The maximum absolute atomic E-state index is 12.6. The van der Waals surface area contributed by atoms with Gasteiger partial charge in [0.25, 0.3) is 0 Å². The predicted molar refractivity (Wildman–Crippen MR) is 75.1 cm³/mol. The second-order valence-corrected chi connectivity index (χ2v) is 7.30. The molecule has 0 amide bonds. The Morgan fingerprint density at radius 3 is 2.83 bits per heavy atom. The molecule has 0 bridgehead atoms. The van der Waals surface area contributed by atoms with Gasteiger partial charge in [0.2, 0.25) is 10.0 Å². The fraction of sp³-hybridized carbons (Fsp3) is 0.500. The highest BCUT2D eigenvalue weighted by molar-refractivity contribution is 9.10. The van der Waals surface area contributed by atoms with E-state index in [2.05, 4.69) is 21.2 Å². The van der Waals surface area contributed by atoms with Crippen LogP contribution in [0.15, 0.2) is 27.6 Å². The van der Waals surface area contributed by atoms with Crippen LogP contribution in [0.4, 0.5) is 0 Å². The van der Waals surface area contributed by atoms with Gasteiger partial charge in [-0.1, -0.05) is 12.1 Å². The summed E-state index contributed by atoms with van der Waals surface area (Å²) >= 11 is 3.38. The Hall–Kier alpha value is -0.430. The molecule has 0 unspecified atom stereocenters. The van der Waals surface area contributed by atoms with Gasteiger partial charge < -0.3 is 5.32 Å². The minimum absolute atomic E-state index is 0.192. The highest BCUT2D eigenvalue weighted by Gasteiger charge is 2.30. The molecule has 0 aliphatic carbocycles. The van der Waals surface area contributed by atoms with E-state index in [1.165, 1.54) is 0 Å². The molecule has 1 aliphatic rings. The number of sulfonamides is 1. The largest absolute Gasteiger partial charge is 0.312 e. The van der Waals surface area contributed by atoms with Crippen LogP contribution in [-0.4, -0.2) is 38.4 Å². The van der Waals surface area contributed by atoms with Crippen molar-refractivity contribution >= 4 is 26.0 Å². The van der Waals surface area contributed by atoms with Crippen molar-refractivity contribution in [3.63, 3.8) is 0 Å². The zero-order chi connectivity index (χ0) is 13.3. The average Bonchev–Trinajstić information content (AvgIpc) is 2.32. The van der Waals surface area contributed by atoms with Crippen molar-refractivity contribution in [2.45, 2.75) is 24.8 Å². The molecule has 1 atom stereocenters. The molecule has 18 heavy (non-hydrogen) atoms. The standard InChI is InChI=1S/C12H17BrN2O2S/c1-9-4-3-5-11(12(9)13)18(16,17)15-7-6-14-10(2)8-15/h3-5,10,14H,6-8H2,1-2H3/t10-/m0/s1. The van der Waals surface area contributed by atoms with Gasteiger partial charge in [0.1, 0.15) is 0 Å². The lowest BCUT2D eigenvalue weighted by Gasteiger charge is -2.31. The van der Waals surface area contributed by atoms with E-state index in [-0.39, 0.29) is 6.04 Å². The summed E-state index contributed by atoms with van der Waals surface area (Å²) in [4.78, 5) is 0.358. The summed E-state index contributed by atoms with van der Waals surface area (Å²) < 4.78 is 27.4. The minimum atomic E-state index is -3.40. The molecule has 1 fully saturated rings. The van der Waals surface area contributed by atoms with Gasteiger partial charge in [-0.3, -0.25) is 0 Å². The lowest BCUT2D eigenvalue weighted by Crippen LogP contribution is -2.51. The maximum Gasteiger partial charge on any atom is 0.244 e. The van der Waals surface area contributed by atoms with Crippen LogP contribution < -0.4 is 5.32 Å². The lowest BCUT2D eigenvalue weighted by molar-refractivity contribution is 0.310. The molecule has 100 valence electrons. The normalized spacial score (nSPS) is 22.1. The maximum atomic E-state index is 12.6. The second-order valence-electron chi connectivity index (χ2n) is 4.61. The quantitative estimate of drug-likeness (QED) is 0.897. The van der Waals surface area contributed by atoms with Crippen molar-refractivity contribution in [1.29, 1.82) is 0 Å². The molecule has 2 rings (SSSR count). The molecule has 1 aromatic rings. The molecule has 1 heterocycles. The Morgan fingerprint density at radius 1 is 1.44 bits per heavy atom. The van der Waals surface area contributed by atoms with Gasteiger partial charge in [-0.25, -0.2) is 8.42 Å². The summed E-state index contributed by atoms with van der Waals surface area (Å²) in [6.07, 6.45) is 0. The number of hydrogen-bond donors (Lipinski definition) is 1. The zero-order valence-electron chi connectivity index (χ0n) is 10.5. The molecule has 0 saturated carbocycles. The molecular formula is C12H17BrN2O2S. The number of piperazine rings is 1. The van der Waals surface area contributed by atoms with E-state index in [4.69, 9.17) is 0 Å². The number of rotatable bonds is 2. The van der Waals surface area contributed by atoms with Crippen LogP contribution in [0.1, 0.15) is 12.5 Å². The summed E-state index contributed by atoms with van der Waals surface area (Å²) in [5, 5.41) is 3.24. The number of nitrogens with one attached hydrogen (secondary N) is 1. The minimum Gasteiger partial charge on any atom is -0.312 e. The van der Waals surface area contributed by atoms with Gasteiger partial charge in [0.05, 0.1) is 4.90 Å². The van der Waals surface area contributed by atoms with Crippen LogP contribution in [0.2, 0.25) is 0 Å². The predicted octanol–water partition coefficient (Wildman–Crippen LogP) is 1.74. The van der Waals surface area contributed by atoms with Crippen LogP contribution in [-0.2, 0) is 10.0 Å². The number of benzene rings is 1. The lowest BCUT2D eigenvalue weighted by atomic mass is 10.2. The van der Waals surface area contributed by atoms with Crippen molar-refractivity contribution in [2.24, 2.45) is 0 Å². The van der Waals surface area contributed by atoms with Crippen LogP contribution in [0.3, 0.4) is 0 Å². The monoisotopic (exact) mass is 332 g/mol. The topological polar surface area (TPSA) is 49.4 Å². The van der Waals surface area contributed by atoms with Gasteiger partial charge in [0, 0.05) is 30.1 Å². The summed E-state index contributed by atoms with van der Waals surface area (Å²) in [6.45, 7) is 5.62. The van der Waals surface area contributed by atoms with Gasteiger partial charge >= 0.3 is 0 Å². The van der Waals surface area contributed by atoms with E-state index < -0.39 is 10.0 Å². The summed E-state index contributed by atoms with van der Waals surface area (Å²) in [7, 11) is -3.40. The molecule has 0 aromatic heterocycles. The number of aryl methyl sites for hydroxylation is 1. The van der Waals surface area contributed by atoms with Gasteiger partial charge in [-0.05, 0) is 41.4 Å². The van der Waals surface area contributed by atoms with Gasteiger partial charge in [0.15, 0.2) is 0 Å². The van der Waals surface area contributed by atoms with Crippen molar-refractivity contribution in [3.8, 4) is 0 Å². The molecule has 1 saturated heterocycles. The average molecular weight is 333 g/mol. The first-order valence-electron chi connectivity index (χ1n) is 5.91. The van der Waals surface area contributed by atoms with E-state index in [0.29, 0.717) is 29.0 Å². The first-order valence-corrected chi connectivity index (χ1v) is 8.15. The molecule has 1 aliphatic heterocycles. The molecular weight excluding hydrogens is 316 g/mol. The van der Waals surface area contributed by atoms with E-state index in [9.17, 15) is 8.42 Å². The van der Waals surface area contributed by atoms with Gasteiger partial charge in [-0.2, -0.15) is 4.31 Å². The van der Waals surface area contributed by atoms with Crippen LogP contribution in [0, 0.1) is 6.92 Å². The third-order valence-corrected chi connectivity index (χ3v) is 6.33. The SMILES string of the molecule is Cc1cccc(S(=O)(=O)N2CCN[C@@H](C)C2)c1Br. The number of halogens is 1. The summed E-state index contributed by atoms with van der Waals surface area (Å²) in [6, 6.07) is 5.51.